The normalized spacial score (nSPS) is 16.9. The van der Waals surface area contributed by atoms with Crippen molar-refractivity contribution in [2.24, 2.45) is 0 Å². The predicted octanol–water partition coefficient (Wildman–Crippen LogP) is 3.85. The zero-order valence-corrected chi connectivity index (χ0v) is 18.2. The summed E-state index contributed by atoms with van der Waals surface area (Å²) in [7, 11) is -3.63. The molecule has 2 N–H and O–H groups in total. The number of hydrogen-bond acceptors (Lipinski definition) is 3. The average Bonchev–Trinajstić information content (AvgIpc) is 2.67. The molecule has 0 radical (unpaired) electrons. The van der Waals surface area contributed by atoms with Crippen LogP contribution in [0.4, 0.5) is 0 Å². The van der Waals surface area contributed by atoms with Gasteiger partial charge in [0, 0.05) is 13.0 Å². The Bertz CT molecular complexity index is 960. The lowest BCUT2D eigenvalue weighted by Crippen LogP contribution is -2.34. The molecule has 1 amide bonds. The Labute approximate surface area is 174 Å². The second-order valence-electron chi connectivity index (χ2n) is 8.63. The minimum atomic E-state index is -3.63. The predicted molar refractivity (Wildman–Crippen MR) is 115 cm³/mol. The zero-order chi connectivity index (χ0) is 21.1. The van der Waals surface area contributed by atoms with Crippen LogP contribution < -0.4 is 10.0 Å². The van der Waals surface area contributed by atoms with E-state index < -0.39 is 10.0 Å². The molecule has 3 rings (SSSR count). The lowest BCUT2D eigenvalue weighted by molar-refractivity contribution is -0.121. The van der Waals surface area contributed by atoms with E-state index in [1.807, 2.05) is 24.3 Å². The molecule has 2 aromatic carbocycles. The first-order valence-corrected chi connectivity index (χ1v) is 11.6. The molecule has 0 unspecified atom stereocenters. The summed E-state index contributed by atoms with van der Waals surface area (Å²) in [6.45, 7) is 6.32. The van der Waals surface area contributed by atoms with Crippen LogP contribution in [0.15, 0.2) is 53.4 Å². The maximum Gasteiger partial charge on any atom is 0.240 e. The van der Waals surface area contributed by atoms with Crippen molar-refractivity contribution in [1.82, 2.24) is 10.0 Å². The third-order valence-electron chi connectivity index (χ3n) is 5.38. The molecule has 0 spiro atoms. The van der Waals surface area contributed by atoms with Crippen LogP contribution in [-0.2, 0) is 26.7 Å². The summed E-state index contributed by atoms with van der Waals surface area (Å²) in [6.07, 6.45) is 3.10. The molecule has 0 saturated carbocycles. The van der Waals surface area contributed by atoms with Crippen LogP contribution >= 0.6 is 0 Å². The Morgan fingerprint density at radius 1 is 1.07 bits per heavy atom. The van der Waals surface area contributed by atoms with Crippen molar-refractivity contribution >= 4 is 15.9 Å². The van der Waals surface area contributed by atoms with Gasteiger partial charge < -0.3 is 5.32 Å². The van der Waals surface area contributed by atoms with E-state index in [2.05, 4.69) is 42.9 Å². The molecule has 1 atom stereocenters. The highest BCUT2D eigenvalue weighted by Crippen LogP contribution is 2.29. The van der Waals surface area contributed by atoms with Crippen molar-refractivity contribution in [3.63, 3.8) is 0 Å². The smallest absolute Gasteiger partial charge is 0.240 e. The van der Waals surface area contributed by atoms with E-state index in [9.17, 15) is 13.2 Å². The molecule has 6 heteroatoms. The van der Waals surface area contributed by atoms with Gasteiger partial charge in [0.05, 0.1) is 10.9 Å². The van der Waals surface area contributed by atoms with Crippen LogP contribution in [0.3, 0.4) is 0 Å². The molecule has 0 aromatic heterocycles. The van der Waals surface area contributed by atoms with Crippen molar-refractivity contribution in [1.29, 1.82) is 0 Å². The number of benzene rings is 2. The number of rotatable bonds is 6. The SMILES string of the molecule is CC(C)(C)c1ccc(S(=O)(=O)NCCC(=O)N[C@@H]2CCCc3ccccc32)cc1. The van der Waals surface area contributed by atoms with Crippen molar-refractivity contribution in [2.45, 2.75) is 62.8 Å². The lowest BCUT2D eigenvalue weighted by atomic mass is 9.87. The molecule has 0 fully saturated rings. The third-order valence-corrected chi connectivity index (χ3v) is 6.86. The van der Waals surface area contributed by atoms with Crippen LogP contribution in [0.5, 0.6) is 0 Å². The summed E-state index contributed by atoms with van der Waals surface area (Å²) in [5.74, 6) is -0.141. The Morgan fingerprint density at radius 2 is 1.76 bits per heavy atom. The minimum Gasteiger partial charge on any atom is -0.349 e. The number of sulfonamides is 1. The molecule has 29 heavy (non-hydrogen) atoms. The number of aryl methyl sites for hydroxylation is 1. The largest absolute Gasteiger partial charge is 0.349 e. The molecular formula is C23H30N2O3S. The van der Waals surface area contributed by atoms with Crippen molar-refractivity contribution < 1.29 is 13.2 Å². The third kappa shape index (κ3) is 5.46. The second-order valence-corrected chi connectivity index (χ2v) is 10.4. The van der Waals surface area contributed by atoms with Crippen molar-refractivity contribution in [3.8, 4) is 0 Å². The fourth-order valence-electron chi connectivity index (χ4n) is 3.69. The molecule has 2 aromatic rings. The van der Waals surface area contributed by atoms with Gasteiger partial charge in [0.15, 0.2) is 0 Å². The molecule has 0 aliphatic heterocycles. The fraction of sp³-hybridized carbons (Fsp3) is 0.435. The Balaban J connectivity index is 1.53. The Morgan fingerprint density at radius 3 is 2.45 bits per heavy atom. The highest BCUT2D eigenvalue weighted by Gasteiger charge is 2.22. The van der Waals surface area contributed by atoms with Crippen LogP contribution in [0.2, 0.25) is 0 Å². The summed E-state index contributed by atoms with van der Waals surface area (Å²) in [5, 5.41) is 3.05. The summed E-state index contributed by atoms with van der Waals surface area (Å²) < 4.78 is 27.5. The Hall–Kier alpha value is -2.18. The van der Waals surface area contributed by atoms with Crippen LogP contribution in [0.25, 0.3) is 0 Å². The topological polar surface area (TPSA) is 75.3 Å². The number of nitrogens with one attached hydrogen (secondary N) is 2. The summed E-state index contributed by atoms with van der Waals surface area (Å²) in [4.78, 5) is 12.6. The first kappa shape index (κ1) is 21.5. The van der Waals surface area contributed by atoms with Crippen LogP contribution in [0.1, 0.15) is 62.8 Å². The van der Waals surface area contributed by atoms with E-state index in [1.54, 1.807) is 12.1 Å². The van der Waals surface area contributed by atoms with E-state index in [-0.39, 0.29) is 35.2 Å². The molecule has 0 bridgehead atoms. The molecule has 0 saturated heterocycles. The van der Waals surface area contributed by atoms with Gasteiger partial charge in [-0.05, 0) is 53.5 Å². The number of carbonyl (C=O) groups excluding carboxylic acids is 1. The van der Waals surface area contributed by atoms with Gasteiger partial charge in [-0.15, -0.1) is 0 Å². The maximum absolute atomic E-state index is 12.5. The highest BCUT2D eigenvalue weighted by atomic mass is 32.2. The molecule has 5 nitrogen and oxygen atoms in total. The second kappa shape index (κ2) is 8.67. The van der Waals surface area contributed by atoms with Gasteiger partial charge in [-0.2, -0.15) is 0 Å². The molecule has 0 heterocycles. The van der Waals surface area contributed by atoms with E-state index in [0.29, 0.717) is 0 Å². The lowest BCUT2D eigenvalue weighted by Gasteiger charge is -2.26. The minimum absolute atomic E-state index is 0.00833. The van der Waals surface area contributed by atoms with E-state index in [4.69, 9.17) is 0 Å². The summed E-state index contributed by atoms with van der Waals surface area (Å²) in [6, 6.07) is 15.1. The van der Waals surface area contributed by atoms with E-state index in [1.165, 1.54) is 11.1 Å². The van der Waals surface area contributed by atoms with Gasteiger partial charge in [-0.1, -0.05) is 57.2 Å². The highest BCUT2D eigenvalue weighted by molar-refractivity contribution is 7.89. The first-order valence-electron chi connectivity index (χ1n) is 10.1. The monoisotopic (exact) mass is 414 g/mol. The number of amides is 1. The number of hydrogen-bond donors (Lipinski definition) is 2. The number of carbonyl (C=O) groups is 1. The first-order chi connectivity index (χ1) is 13.7. The summed E-state index contributed by atoms with van der Waals surface area (Å²) >= 11 is 0. The molecule has 1 aliphatic rings. The van der Waals surface area contributed by atoms with Gasteiger partial charge in [0.2, 0.25) is 15.9 Å². The van der Waals surface area contributed by atoms with E-state index in [0.717, 1.165) is 24.8 Å². The average molecular weight is 415 g/mol. The van der Waals surface area contributed by atoms with Gasteiger partial charge in [0.25, 0.3) is 0 Å². The van der Waals surface area contributed by atoms with E-state index >= 15 is 0 Å². The van der Waals surface area contributed by atoms with Crippen molar-refractivity contribution in [3.05, 3.63) is 65.2 Å². The summed E-state index contributed by atoms with van der Waals surface area (Å²) in [5.41, 5.74) is 3.49. The zero-order valence-electron chi connectivity index (χ0n) is 17.4. The molecule has 1 aliphatic carbocycles. The fourth-order valence-corrected chi connectivity index (χ4v) is 4.72. The standard InChI is InChI=1S/C23H30N2O3S/c1-23(2,3)18-11-13-19(14-12-18)29(27,28)24-16-15-22(26)25-21-10-6-8-17-7-4-5-9-20(17)21/h4-5,7,9,11-14,21,24H,6,8,10,15-16H2,1-3H3,(H,25,26)/t21-/m1/s1. The molecule has 156 valence electrons. The maximum atomic E-state index is 12.5. The quantitative estimate of drug-likeness (QED) is 0.754. The van der Waals surface area contributed by atoms with Gasteiger partial charge in [0.1, 0.15) is 0 Å². The van der Waals surface area contributed by atoms with Crippen LogP contribution in [0, 0.1) is 0 Å². The Kier molecular flexibility index (Phi) is 6.44. The van der Waals surface area contributed by atoms with Gasteiger partial charge in [-0.25, -0.2) is 13.1 Å². The van der Waals surface area contributed by atoms with Gasteiger partial charge in [-0.3, -0.25) is 4.79 Å². The molecular weight excluding hydrogens is 384 g/mol. The van der Waals surface area contributed by atoms with Gasteiger partial charge >= 0.3 is 0 Å². The van der Waals surface area contributed by atoms with Crippen molar-refractivity contribution in [2.75, 3.05) is 6.54 Å². The number of fused-ring (bicyclic) bond motifs is 1. The van der Waals surface area contributed by atoms with Crippen LogP contribution in [-0.4, -0.2) is 20.9 Å².